The van der Waals surface area contributed by atoms with Crippen molar-refractivity contribution in [2.24, 2.45) is 0 Å². The van der Waals surface area contributed by atoms with Crippen LogP contribution in [0.5, 0.6) is 5.75 Å². The fourth-order valence-electron chi connectivity index (χ4n) is 2.33. The van der Waals surface area contributed by atoms with Crippen molar-refractivity contribution >= 4 is 22.6 Å². The smallest absolute Gasteiger partial charge is 0.258 e. The molecule has 0 atom stereocenters. The second-order valence-corrected chi connectivity index (χ2v) is 5.35. The maximum atomic E-state index is 12.5. The number of amides is 1. The molecule has 1 N–H and O–H groups in total. The highest BCUT2D eigenvalue weighted by Gasteiger charge is 2.13. The Kier molecular flexibility index (Phi) is 3.93. The summed E-state index contributed by atoms with van der Waals surface area (Å²) in [7, 11) is 1.61. The number of carbonyl (C=O) groups excluding carboxylic acids is 1. The molecule has 23 heavy (non-hydrogen) atoms. The first-order valence-corrected chi connectivity index (χ1v) is 7.26. The van der Waals surface area contributed by atoms with E-state index in [-0.39, 0.29) is 5.91 Å². The first-order chi connectivity index (χ1) is 11.1. The van der Waals surface area contributed by atoms with Crippen LogP contribution < -0.4 is 10.1 Å². The zero-order valence-electron chi connectivity index (χ0n) is 13.3. The number of fused-ring (bicyclic) bond motifs is 1. The van der Waals surface area contributed by atoms with Crippen molar-refractivity contribution in [3.63, 3.8) is 0 Å². The number of anilines is 1. The van der Waals surface area contributed by atoms with Crippen molar-refractivity contribution in [1.82, 2.24) is 9.97 Å². The van der Waals surface area contributed by atoms with Gasteiger partial charge in [-0.25, -0.2) is 4.98 Å². The molecule has 3 rings (SSSR count). The molecule has 5 heteroatoms. The van der Waals surface area contributed by atoms with Gasteiger partial charge in [0.2, 0.25) is 0 Å². The zero-order chi connectivity index (χ0) is 16.4. The molecule has 116 valence electrons. The Morgan fingerprint density at radius 1 is 1.13 bits per heavy atom. The van der Waals surface area contributed by atoms with Crippen molar-refractivity contribution in [2.45, 2.75) is 13.8 Å². The van der Waals surface area contributed by atoms with Gasteiger partial charge in [0.05, 0.1) is 23.9 Å². The van der Waals surface area contributed by atoms with Gasteiger partial charge in [-0.3, -0.25) is 9.78 Å². The van der Waals surface area contributed by atoms with Crippen molar-refractivity contribution in [3.8, 4) is 5.75 Å². The average molecular weight is 307 g/mol. The number of hydrogen-bond donors (Lipinski definition) is 1. The molecule has 0 saturated carbocycles. The topological polar surface area (TPSA) is 64.1 Å². The van der Waals surface area contributed by atoms with E-state index in [0.29, 0.717) is 17.1 Å². The third-order valence-corrected chi connectivity index (χ3v) is 3.61. The van der Waals surface area contributed by atoms with Crippen LogP contribution in [0, 0.1) is 13.8 Å². The van der Waals surface area contributed by atoms with E-state index in [2.05, 4.69) is 15.3 Å². The van der Waals surface area contributed by atoms with E-state index in [1.165, 1.54) is 0 Å². The van der Waals surface area contributed by atoms with Gasteiger partial charge in [-0.2, -0.15) is 0 Å². The SMILES string of the molecule is COc1ccc2nc(C)c(C(=O)Nc3ccc(C)cn3)cc2c1. The zero-order valence-corrected chi connectivity index (χ0v) is 13.3. The molecule has 0 radical (unpaired) electrons. The minimum atomic E-state index is -0.226. The monoisotopic (exact) mass is 307 g/mol. The molecule has 5 nitrogen and oxygen atoms in total. The highest BCUT2D eigenvalue weighted by molar-refractivity contribution is 6.06. The van der Waals surface area contributed by atoms with Gasteiger partial charge in [-0.05, 0) is 49.7 Å². The highest BCUT2D eigenvalue weighted by Crippen LogP contribution is 2.22. The second-order valence-electron chi connectivity index (χ2n) is 5.35. The molecule has 0 saturated heterocycles. The molecule has 0 aliphatic heterocycles. The average Bonchev–Trinajstić information content (AvgIpc) is 2.55. The number of aryl methyl sites for hydroxylation is 2. The molecular weight excluding hydrogens is 290 g/mol. The number of benzene rings is 1. The van der Waals surface area contributed by atoms with E-state index in [1.807, 2.05) is 44.2 Å². The Hall–Kier alpha value is -2.95. The molecule has 2 aromatic heterocycles. The lowest BCUT2D eigenvalue weighted by molar-refractivity contribution is 0.102. The lowest BCUT2D eigenvalue weighted by atomic mass is 10.1. The molecule has 0 unspecified atom stereocenters. The van der Waals surface area contributed by atoms with E-state index in [1.54, 1.807) is 19.4 Å². The summed E-state index contributed by atoms with van der Waals surface area (Å²) in [5, 5.41) is 3.66. The van der Waals surface area contributed by atoms with Crippen LogP contribution in [-0.2, 0) is 0 Å². The van der Waals surface area contributed by atoms with Gasteiger partial charge in [0, 0.05) is 11.6 Å². The molecule has 3 aromatic rings. The summed E-state index contributed by atoms with van der Waals surface area (Å²) >= 11 is 0. The van der Waals surface area contributed by atoms with E-state index in [9.17, 15) is 4.79 Å². The fraction of sp³-hybridized carbons (Fsp3) is 0.167. The maximum Gasteiger partial charge on any atom is 0.258 e. The van der Waals surface area contributed by atoms with Crippen molar-refractivity contribution in [2.75, 3.05) is 12.4 Å². The summed E-state index contributed by atoms with van der Waals surface area (Å²) in [6.45, 7) is 3.77. The Morgan fingerprint density at radius 2 is 1.96 bits per heavy atom. The molecule has 0 bridgehead atoms. The number of aromatic nitrogens is 2. The largest absolute Gasteiger partial charge is 0.497 e. The Labute approximate surface area is 134 Å². The molecular formula is C18H17N3O2. The molecule has 1 aromatic carbocycles. The fourth-order valence-corrected chi connectivity index (χ4v) is 2.33. The van der Waals surface area contributed by atoms with Crippen LogP contribution in [0.1, 0.15) is 21.6 Å². The number of ether oxygens (including phenoxy) is 1. The van der Waals surface area contributed by atoms with Gasteiger partial charge in [-0.1, -0.05) is 6.07 Å². The van der Waals surface area contributed by atoms with Gasteiger partial charge in [0.1, 0.15) is 11.6 Å². The number of methoxy groups -OCH3 is 1. The number of nitrogens with zero attached hydrogens (tertiary/aromatic N) is 2. The molecule has 1 amide bonds. The number of pyridine rings is 2. The van der Waals surface area contributed by atoms with Crippen molar-refractivity contribution < 1.29 is 9.53 Å². The van der Waals surface area contributed by atoms with Crippen LogP contribution in [0.2, 0.25) is 0 Å². The Bertz CT molecular complexity index is 873. The first kappa shape index (κ1) is 15.0. The summed E-state index contributed by atoms with van der Waals surface area (Å²) in [4.78, 5) is 21.2. The molecule has 2 heterocycles. The third-order valence-electron chi connectivity index (χ3n) is 3.61. The summed E-state index contributed by atoms with van der Waals surface area (Å²) < 4.78 is 5.22. The maximum absolute atomic E-state index is 12.5. The summed E-state index contributed by atoms with van der Waals surface area (Å²) in [5.74, 6) is 1.02. The van der Waals surface area contributed by atoms with Crippen molar-refractivity contribution in [3.05, 3.63) is 59.4 Å². The van der Waals surface area contributed by atoms with Crippen LogP contribution >= 0.6 is 0 Å². The minimum absolute atomic E-state index is 0.226. The second kappa shape index (κ2) is 6.04. The summed E-state index contributed by atoms with van der Waals surface area (Å²) in [6, 6.07) is 11.1. The van der Waals surface area contributed by atoms with Crippen LogP contribution in [0.25, 0.3) is 10.9 Å². The quantitative estimate of drug-likeness (QED) is 0.804. The van der Waals surface area contributed by atoms with E-state index in [4.69, 9.17) is 4.74 Å². The predicted molar refractivity (Wildman–Crippen MR) is 90.0 cm³/mol. The molecule has 0 aliphatic rings. The lowest BCUT2D eigenvalue weighted by Gasteiger charge is -2.09. The van der Waals surface area contributed by atoms with E-state index < -0.39 is 0 Å². The highest BCUT2D eigenvalue weighted by atomic mass is 16.5. The Morgan fingerprint density at radius 3 is 2.65 bits per heavy atom. The standard InChI is InChI=1S/C18H17N3O2/c1-11-4-7-17(19-10-11)21-18(22)15-9-13-8-14(23-3)5-6-16(13)20-12(15)2/h4-10H,1-3H3,(H,19,21,22). The Balaban J connectivity index is 1.95. The number of rotatable bonds is 3. The van der Waals surface area contributed by atoms with Gasteiger partial charge < -0.3 is 10.1 Å². The molecule has 0 aliphatic carbocycles. The minimum Gasteiger partial charge on any atom is -0.497 e. The number of carbonyl (C=O) groups is 1. The third kappa shape index (κ3) is 3.13. The summed E-state index contributed by atoms with van der Waals surface area (Å²) in [5.41, 5.74) is 3.06. The van der Waals surface area contributed by atoms with Crippen LogP contribution in [0.4, 0.5) is 5.82 Å². The van der Waals surface area contributed by atoms with Gasteiger partial charge in [-0.15, -0.1) is 0 Å². The van der Waals surface area contributed by atoms with Crippen molar-refractivity contribution in [1.29, 1.82) is 0 Å². The first-order valence-electron chi connectivity index (χ1n) is 7.26. The van der Waals surface area contributed by atoms with Crippen LogP contribution in [0.3, 0.4) is 0 Å². The van der Waals surface area contributed by atoms with Crippen LogP contribution in [-0.4, -0.2) is 23.0 Å². The van der Waals surface area contributed by atoms with E-state index >= 15 is 0 Å². The number of nitrogens with one attached hydrogen (secondary N) is 1. The normalized spacial score (nSPS) is 10.6. The van der Waals surface area contributed by atoms with Gasteiger partial charge in [0.15, 0.2) is 0 Å². The van der Waals surface area contributed by atoms with Gasteiger partial charge in [0.25, 0.3) is 5.91 Å². The summed E-state index contributed by atoms with van der Waals surface area (Å²) in [6.07, 6.45) is 1.71. The molecule has 0 spiro atoms. The van der Waals surface area contributed by atoms with Gasteiger partial charge >= 0.3 is 0 Å². The lowest BCUT2D eigenvalue weighted by Crippen LogP contribution is -2.15. The molecule has 0 fully saturated rings. The predicted octanol–water partition coefficient (Wildman–Crippen LogP) is 3.51. The van der Waals surface area contributed by atoms with Crippen LogP contribution in [0.15, 0.2) is 42.6 Å². The number of hydrogen-bond acceptors (Lipinski definition) is 4. The van der Waals surface area contributed by atoms with E-state index in [0.717, 1.165) is 22.2 Å².